The molecule has 6 nitrogen and oxygen atoms in total. The van der Waals surface area contributed by atoms with Gasteiger partial charge in [0, 0.05) is 24.3 Å². The highest BCUT2D eigenvalue weighted by molar-refractivity contribution is 6.33. The van der Waals surface area contributed by atoms with Gasteiger partial charge in [-0.05, 0) is 38.0 Å². The number of aryl methyl sites for hydroxylation is 1. The molecule has 1 N–H and O–H groups in total. The van der Waals surface area contributed by atoms with Gasteiger partial charge < -0.3 is 14.7 Å². The van der Waals surface area contributed by atoms with Crippen molar-refractivity contribution in [2.24, 2.45) is 5.92 Å². The van der Waals surface area contributed by atoms with Crippen LogP contribution in [0, 0.1) is 12.8 Å². The number of hydrogen-bond acceptors (Lipinski definition) is 4. The molecule has 1 aliphatic heterocycles. The first-order valence-corrected chi connectivity index (χ1v) is 10.3. The number of nitrogens with one attached hydrogen (secondary N) is 1. The summed E-state index contributed by atoms with van der Waals surface area (Å²) >= 11 is 6.31. The standard InChI is InChI=1S/C23H22ClN3O3/c1-15-20(21(26-30-15)18-11-5-6-12-19(18)24)23(29)27-13-7-8-16(14-27)22(28)25-17-9-3-2-4-10-17/h2-6,9-12,16H,7-8,13-14H2,1H3,(H,25,28). The molecule has 3 aromatic rings. The number of nitrogens with zero attached hydrogens (tertiary/aromatic N) is 2. The van der Waals surface area contributed by atoms with Gasteiger partial charge in [0.1, 0.15) is 17.0 Å². The van der Waals surface area contributed by atoms with Crippen LogP contribution in [-0.2, 0) is 4.79 Å². The number of para-hydroxylation sites is 1. The van der Waals surface area contributed by atoms with Crippen LogP contribution in [0.3, 0.4) is 0 Å². The van der Waals surface area contributed by atoms with Crippen LogP contribution in [0.4, 0.5) is 5.69 Å². The summed E-state index contributed by atoms with van der Waals surface area (Å²) in [6.07, 6.45) is 1.49. The molecule has 0 radical (unpaired) electrons. The Labute approximate surface area is 179 Å². The van der Waals surface area contributed by atoms with Crippen LogP contribution < -0.4 is 5.32 Å². The molecule has 2 amide bonds. The van der Waals surface area contributed by atoms with Crippen molar-refractivity contribution in [3.8, 4) is 11.3 Å². The molecule has 0 saturated carbocycles. The topological polar surface area (TPSA) is 75.4 Å². The van der Waals surface area contributed by atoms with Gasteiger partial charge in [0.25, 0.3) is 5.91 Å². The normalized spacial score (nSPS) is 16.3. The number of amides is 2. The van der Waals surface area contributed by atoms with E-state index in [9.17, 15) is 9.59 Å². The molecule has 0 bridgehead atoms. The predicted molar refractivity (Wildman–Crippen MR) is 115 cm³/mol. The summed E-state index contributed by atoms with van der Waals surface area (Å²) in [7, 11) is 0. The van der Waals surface area contributed by atoms with Crippen molar-refractivity contribution in [2.75, 3.05) is 18.4 Å². The fourth-order valence-electron chi connectivity index (χ4n) is 3.76. The van der Waals surface area contributed by atoms with E-state index in [0.717, 1.165) is 18.5 Å². The molecule has 4 rings (SSSR count). The number of anilines is 1. The maximum atomic E-state index is 13.4. The van der Waals surface area contributed by atoms with Crippen LogP contribution in [0.25, 0.3) is 11.3 Å². The monoisotopic (exact) mass is 423 g/mol. The van der Waals surface area contributed by atoms with Crippen LogP contribution in [-0.4, -0.2) is 35.0 Å². The predicted octanol–water partition coefficient (Wildman–Crippen LogP) is 4.79. The summed E-state index contributed by atoms with van der Waals surface area (Å²) in [6, 6.07) is 16.6. The molecular formula is C23H22ClN3O3. The number of halogens is 1. The van der Waals surface area contributed by atoms with Crippen molar-refractivity contribution < 1.29 is 14.1 Å². The molecule has 1 aromatic heterocycles. The first kappa shape index (κ1) is 20.2. The summed E-state index contributed by atoms with van der Waals surface area (Å²) < 4.78 is 5.33. The highest BCUT2D eigenvalue weighted by Gasteiger charge is 2.32. The van der Waals surface area contributed by atoms with Gasteiger partial charge >= 0.3 is 0 Å². The molecule has 1 saturated heterocycles. The quantitative estimate of drug-likeness (QED) is 0.654. The zero-order valence-electron chi connectivity index (χ0n) is 16.6. The van der Waals surface area contributed by atoms with Gasteiger partial charge in [-0.3, -0.25) is 9.59 Å². The van der Waals surface area contributed by atoms with E-state index in [4.69, 9.17) is 16.1 Å². The van der Waals surface area contributed by atoms with Crippen LogP contribution in [0.1, 0.15) is 29.0 Å². The van der Waals surface area contributed by atoms with E-state index in [0.29, 0.717) is 40.7 Å². The average Bonchev–Trinajstić information content (AvgIpc) is 3.15. The SMILES string of the molecule is Cc1onc(-c2ccccc2Cl)c1C(=O)N1CCCC(C(=O)Nc2ccccc2)C1. The number of carbonyl (C=O) groups is 2. The van der Waals surface area contributed by atoms with Gasteiger partial charge in [-0.25, -0.2) is 0 Å². The lowest BCUT2D eigenvalue weighted by Gasteiger charge is -2.32. The molecule has 1 atom stereocenters. The summed E-state index contributed by atoms with van der Waals surface area (Å²) in [5.74, 6) is -0.106. The molecule has 1 aliphatic rings. The van der Waals surface area contributed by atoms with E-state index in [-0.39, 0.29) is 17.7 Å². The van der Waals surface area contributed by atoms with Crippen LogP contribution in [0.15, 0.2) is 59.1 Å². The van der Waals surface area contributed by atoms with Crippen molar-refractivity contribution in [1.82, 2.24) is 10.1 Å². The number of piperidine rings is 1. The Kier molecular flexibility index (Phi) is 5.86. The largest absolute Gasteiger partial charge is 0.360 e. The maximum Gasteiger partial charge on any atom is 0.259 e. The number of aromatic nitrogens is 1. The smallest absolute Gasteiger partial charge is 0.259 e. The van der Waals surface area contributed by atoms with E-state index in [1.807, 2.05) is 48.5 Å². The van der Waals surface area contributed by atoms with Crippen LogP contribution in [0.2, 0.25) is 5.02 Å². The van der Waals surface area contributed by atoms with E-state index in [1.165, 1.54) is 0 Å². The summed E-state index contributed by atoms with van der Waals surface area (Å²) in [6.45, 7) is 2.65. The van der Waals surface area contributed by atoms with Crippen molar-refractivity contribution >= 4 is 29.1 Å². The molecule has 1 fully saturated rings. The molecule has 0 spiro atoms. The minimum absolute atomic E-state index is 0.0768. The summed E-state index contributed by atoms with van der Waals surface area (Å²) in [5, 5.41) is 7.52. The molecule has 2 aromatic carbocycles. The lowest BCUT2D eigenvalue weighted by atomic mass is 9.95. The van der Waals surface area contributed by atoms with Gasteiger partial charge in [0.05, 0.1) is 10.9 Å². The van der Waals surface area contributed by atoms with Crippen LogP contribution >= 0.6 is 11.6 Å². The Morgan fingerprint density at radius 3 is 2.63 bits per heavy atom. The second-order valence-electron chi connectivity index (χ2n) is 7.39. The summed E-state index contributed by atoms with van der Waals surface area (Å²) in [4.78, 5) is 27.8. The Bertz CT molecular complexity index is 1060. The third-order valence-electron chi connectivity index (χ3n) is 5.33. The zero-order chi connectivity index (χ0) is 21.1. The Hall–Kier alpha value is -3.12. The van der Waals surface area contributed by atoms with Crippen molar-refractivity contribution in [1.29, 1.82) is 0 Å². The highest BCUT2D eigenvalue weighted by atomic mass is 35.5. The third kappa shape index (κ3) is 4.09. The van der Waals surface area contributed by atoms with Gasteiger partial charge in [-0.15, -0.1) is 0 Å². The van der Waals surface area contributed by atoms with E-state index >= 15 is 0 Å². The first-order chi connectivity index (χ1) is 14.5. The fraction of sp³-hybridized carbons (Fsp3) is 0.261. The molecule has 7 heteroatoms. The highest BCUT2D eigenvalue weighted by Crippen LogP contribution is 2.32. The molecule has 1 unspecified atom stereocenters. The van der Waals surface area contributed by atoms with E-state index < -0.39 is 0 Å². The number of rotatable bonds is 4. The fourth-order valence-corrected chi connectivity index (χ4v) is 3.99. The minimum Gasteiger partial charge on any atom is -0.360 e. The third-order valence-corrected chi connectivity index (χ3v) is 5.66. The number of hydrogen-bond donors (Lipinski definition) is 1. The van der Waals surface area contributed by atoms with E-state index in [2.05, 4.69) is 10.5 Å². The number of benzene rings is 2. The number of likely N-dealkylation sites (tertiary alicyclic amines) is 1. The van der Waals surface area contributed by atoms with Crippen molar-refractivity contribution in [3.63, 3.8) is 0 Å². The van der Waals surface area contributed by atoms with Gasteiger partial charge in [-0.2, -0.15) is 0 Å². The maximum absolute atomic E-state index is 13.4. The average molecular weight is 424 g/mol. The molecular weight excluding hydrogens is 402 g/mol. The second-order valence-corrected chi connectivity index (χ2v) is 7.80. The van der Waals surface area contributed by atoms with Crippen LogP contribution in [0.5, 0.6) is 0 Å². The Morgan fingerprint density at radius 1 is 1.13 bits per heavy atom. The lowest BCUT2D eigenvalue weighted by Crippen LogP contribution is -2.44. The molecule has 0 aliphatic carbocycles. The van der Waals surface area contributed by atoms with E-state index in [1.54, 1.807) is 17.9 Å². The van der Waals surface area contributed by atoms with Gasteiger partial charge in [-0.1, -0.05) is 53.2 Å². The Balaban J connectivity index is 1.54. The Morgan fingerprint density at radius 2 is 1.87 bits per heavy atom. The van der Waals surface area contributed by atoms with Crippen molar-refractivity contribution in [2.45, 2.75) is 19.8 Å². The zero-order valence-corrected chi connectivity index (χ0v) is 17.4. The molecule has 154 valence electrons. The van der Waals surface area contributed by atoms with Crippen molar-refractivity contribution in [3.05, 3.63) is 70.9 Å². The lowest BCUT2D eigenvalue weighted by molar-refractivity contribution is -0.121. The first-order valence-electron chi connectivity index (χ1n) is 9.91. The van der Waals surface area contributed by atoms with Gasteiger partial charge in [0.15, 0.2) is 0 Å². The minimum atomic E-state index is -0.271. The number of carbonyl (C=O) groups excluding carboxylic acids is 2. The molecule has 2 heterocycles. The second kappa shape index (κ2) is 8.71. The van der Waals surface area contributed by atoms with Gasteiger partial charge in [0.2, 0.25) is 5.91 Å². The molecule has 30 heavy (non-hydrogen) atoms. The summed E-state index contributed by atoms with van der Waals surface area (Å²) in [5.41, 5.74) is 2.22.